The van der Waals surface area contributed by atoms with Gasteiger partial charge in [-0.2, -0.15) is 0 Å². The molecule has 22 heavy (non-hydrogen) atoms. The topological polar surface area (TPSA) is 106 Å². The smallest absolute Gasteiger partial charge is 0.261 e. The molecule has 0 aromatic heterocycles. The number of primary sulfonamides is 1. The molecular weight excluding hydrogens is 324 g/mol. The molecule has 0 fully saturated rings. The van der Waals surface area contributed by atoms with Gasteiger partial charge in [0.1, 0.15) is 0 Å². The lowest BCUT2D eigenvalue weighted by atomic mass is 10.2. The maximum absolute atomic E-state index is 12.3. The molecule has 0 radical (unpaired) electrons. The van der Waals surface area contributed by atoms with E-state index in [2.05, 4.69) is 4.72 Å². The maximum Gasteiger partial charge on any atom is 0.261 e. The number of nitrogens with two attached hydrogens (primary N) is 1. The van der Waals surface area contributed by atoms with Crippen LogP contribution in [-0.4, -0.2) is 16.8 Å². The quantitative estimate of drug-likeness (QED) is 0.862. The number of benzene rings is 2. The summed E-state index contributed by atoms with van der Waals surface area (Å²) in [7, 11) is -7.40. The number of hydrogen-bond donors (Lipinski definition) is 2. The van der Waals surface area contributed by atoms with Crippen molar-refractivity contribution in [3.05, 3.63) is 59.7 Å². The average Bonchev–Trinajstić information content (AvgIpc) is 2.36. The molecule has 0 heterocycles. The first kappa shape index (κ1) is 16.5. The molecule has 8 heteroatoms. The molecule has 0 saturated heterocycles. The fourth-order valence-corrected chi connectivity index (χ4v) is 3.75. The molecule has 2 aromatic rings. The lowest BCUT2D eigenvalue weighted by Crippen LogP contribution is -2.15. The fourth-order valence-electron chi connectivity index (χ4n) is 1.95. The predicted molar refractivity (Wildman–Crippen MR) is 85.2 cm³/mol. The minimum atomic E-state index is -3.73. The van der Waals surface area contributed by atoms with Crippen molar-refractivity contribution in [1.29, 1.82) is 0 Å². The summed E-state index contributed by atoms with van der Waals surface area (Å²) in [6, 6.07) is 12.6. The van der Waals surface area contributed by atoms with Gasteiger partial charge in [-0.15, -0.1) is 0 Å². The second-order valence-electron chi connectivity index (χ2n) is 4.93. The van der Waals surface area contributed by atoms with E-state index in [1.165, 1.54) is 12.1 Å². The van der Waals surface area contributed by atoms with Gasteiger partial charge in [-0.25, -0.2) is 22.0 Å². The Bertz CT molecular complexity index is 891. The third-order valence-electron chi connectivity index (χ3n) is 2.85. The molecule has 0 aliphatic heterocycles. The Morgan fingerprint density at radius 2 is 1.68 bits per heavy atom. The van der Waals surface area contributed by atoms with E-state index in [4.69, 9.17) is 5.14 Å². The number of aryl methyl sites for hydroxylation is 1. The van der Waals surface area contributed by atoms with Gasteiger partial charge in [0.2, 0.25) is 10.0 Å². The molecule has 0 spiro atoms. The first-order valence-corrected chi connectivity index (χ1v) is 9.54. The zero-order valence-electron chi connectivity index (χ0n) is 11.9. The number of rotatable bonds is 5. The Labute approximate surface area is 130 Å². The normalized spacial score (nSPS) is 12.1. The molecule has 0 atom stereocenters. The Hall–Kier alpha value is -1.90. The fraction of sp³-hybridized carbons (Fsp3) is 0.143. The van der Waals surface area contributed by atoms with Gasteiger partial charge in [-0.1, -0.05) is 24.3 Å². The van der Waals surface area contributed by atoms with Crippen LogP contribution in [0.2, 0.25) is 0 Å². The zero-order valence-corrected chi connectivity index (χ0v) is 13.5. The number of sulfonamides is 2. The molecule has 0 unspecified atom stereocenters. The van der Waals surface area contributed by atoms with E-state index in [0.717, 1.165) is 5.56 Å². The SMILES string of the molecule is Cc1cccc(S(=O)(=O)Nc2cccc(CS(N)(=O)=O)c2)c1. The molecule has 0 bridgehead atoms. The molecule has 118 valence electrons. The van der Waals surface area contributed by atoms with Crippen molar-refractivity contribution in [2.45, 2.75) is 17.6 Å². The summed E-state index contributed by atoms with van der Waals surface area (Å²) in [6.07, 6.45) is 0. The van der Waals surface area contributed by atoms with Gasteiger partial charge < -0.3 is 0 Å². The first-order valence-electron chi connectivity index (χ1n) is 6.35. The summed E-state index contributed by atoms with van der Waals surface area (Å²) in [4.78, 5) is 0.143. The van der Waals surface area contributed by atoms with Crippen LogP contribution >= 0.6 is 0 Å². The Kier molecular flexibility index (Phi) is 4.55. The molecule has 2 rings (SSSR count). The molecule has 0 amide bonds. The van der Waals surface area contributed by atoms with Gasteiger partial charge in [0.25, 0.3) is 10.0 Å². The van der Waals surface area contributed by atoms with Crippen LogP contribution in [0.15, 0.2) is 53.4 Å². The van der Waals surface area contributed by atoms with Crippen LogP contribution in [-0.2, 0) is 25.8 Å². The van der Waals surface area contributed by atoms with Crippen LogP contribution in [0.25, 0.3) is 0 Å². The first-order chi connectivity index (χ1) is 10.2. The van der Waals surface area contributed by atoms with E-state index in [1.807, 2.05) is 0 Å². The van der Waals surface area contributed by atoms with E-state index in [9.17, 15) is 16.8 Å². The largest absolute Gasteiger partial charge is 0.280 e. The lowest BCUT2D eigenvalue weighted by molar-refractivity contribution is 0.596. The molecule has 6 nitrogen and oxygen atoms in total. The predicted octanol–water partition coefficient (Wildman–Crippen LogP) is 1.58. The summed E-state index contributed by atoms with van der Waals surface area (Å²) in [5.74, 6) is -0.354. The van der Waals surface area contributed by atoms with Crippen LogP contribution in [0.1, 0.15) is 11.1 Å². The molecule has 0 aliphatic carbocycles. The zero-order chi connectivity index (χ0) is 16.4. The number of hydrogen-bond acceptors (Lipinski definition) is 4. The highest BCUT2D eigenvalue weighted by Gasteiger charge is 2.14. The number of nitrogens with one attached hydrogen (secondary N) is 1. The second-order valence-corrected chi connectivity index (χ2v) is 8.23. The van der Waals surface area contributed by atoms with Gasteiger partial charge in [0, 0.05) is 5.69 Å². The molecular formula is C14H16N2O4S2. The van der Waals surface area contributed by atoms with E-state index < -0.39 is 20.0 Å². The van der Waals surface area contributed by atoms with E-state index in [0.29, 0.717) is 5.56 Å². The van der Waals surface area contributed by atoms with Crippen molar-refractivity contribution in [3.8, 4) is 0 Å². The highest BCUT2D eigenvalue weighted by atomic mass is 32.2. The molecule has 3 N–H and O–H groups in total. The number of anilines is 1. The highest BCUT2D eigenvalue weighted by molar-refractivity contribution is 7.92. The maximum atomic E-state index is 12.3. The van der Waals surface area contributed by atoms with Crippen molar-refractivity contribution >= 4 is 25.7 Å². The summed E-state index contributed by atoms with van der Waals surface area (Å²) >= 11 is 0. The minimum Gasteiger partial charge on any atom is -0.280 e. The molecule has 0 saturated carbocycles. The monoisotopic (exact) mass is 340 g/mol. The van der Waals surface area contributed by atoms with Gasteiger partial charge >= 0.3 is 0 Å². The summed E-state index contributed by atoms with van der Waals surface area (Å²) in [5.41, 5.74) is 1.51. The minimum absolute atomic E-state index is 0.143. The van der Waals surface area contributed by atoms with Crippen molar-refractivity contribution in [1.82, 2.24) is 0 Å². The summed E-state index contributed by atoms with van der Waals surface area (Å²) < 4.78 is 49.2. The van der Waals surface area contributed by atoms with E-state index >= 15 is 0 Å². The third kappa shape index (κ3) is 4.55. The Balaban J connectivity index is 2.29. The third-order valence-corrected chi connectivity index (χ3v) is 4.96. The second kappa shape index (κ2) is 6.07. The van der Waals surface area contributed by atoms with E-state index in [-0.39, 0.29) is 16.3 Å². The van der Waals surface area contributed by atoms with Crippen molar-refractivity contribution in [3.63, 3.8) is 0 Å². The Morgan fingerprint density at radius 1 is 1.00 bits per heavy atom. The van der Waals surface area contributed by atoms with Crippen molar-refractivity contribution < 1.29 is 16.8 Å². The van der Waals surface area contributed by atoms with Gasteiger partial charge in [0.15, 0.2) is 0 Å². The summed E-state index contributed by atoms with van der Waals surface area (Å²) in [6.45, 7) is 1.80. The standard InChI is InChI=1S/C14H16N2O4S2/c1-11-4-2-7-14(8-11)22(19,20)16-13-6-3-5-12(9-13)10-21(15,17)18/h2-9,16H,10H2,1H3,(H2,15,17,18). The van der Waals surface area contributed by atoms with Gasteiger partial charge in [-0.3, -0.25) is 4.72 Å². The van der Waals surface area contributed by atoms with E-state index in [1.54, 1.807) is 43.3 Å². The van der Waals surface area contributed by atoms with Gasteiger partial charge in [0.05, 0.1) is 10.6 Å². The van der Waals surface area contributed by atoms with Crippen molar-refractivity contribution in [2.75, 3.05) is 4.72 Å². The van der Waals surface area contributed by atoms with Gasteiger partial charge in [-0.05, 0) is 42.3 Å². The lowest BCUT2D eigenvalue weighted by Gasteiger charge is -2.10. The molecule has 0 aliphatic rings. The van der Waals surface area contributed by atoms with Crippen LogP contribution in [0.4, 0.5) is 5.69 Å². The molecule has 2 aromatic carbocycles. The Morgan fingerprint density at radius 3 is 2.32 bits per heavy atom. The highest BCUT2D eigenvalue weighted by Crippen LogP contribution is 2.18. The van der Waals surface area contributed by atoms with Crippen molar-refractivity contribution in [2.24, 2.45) is 5.14 Å². The van der Waals surface area contributed by atoms with Crippen LogP contribution < -0.4 is 9.86 Å². The van der Waals surface area contributed by atoms with Crippen LogP contribution in [0.5, 0.6) is 0 Å². The van der Waals surface area contributed by atoms with Crippen LogP contribution in [0.3, 0.4) is 0 Å². The average molecular weight is 340 g/mol. The summed E-state index contributed by atoms with van der Waals surface area (Å²) in [5, 5.41) is 4.99. The van der Waals surface area contributed by atoms with Crippen LogP contribution in [0, 0.1) is 6.92 Å².